The fraction of sp³-hybridized carbons (Fsp3) is 0.133. The summed E-state index contributed by atoms with van der Waals surface area (Å²) < 4.78 is 32.7. The highest BCUT2D eigenvalue weighted by atomic mass is 35.5. The lowest BCUT2D eigenvalue weighted by Crippen LogP contribution is -2.23. The summed E-state index contributed by atoms with van der Waals surface area (Å²) in [6.45, 7) is 1.92. The maximum atomic E-state index is 12.4. The summed E-state index contributed by atoms with van der Waals surface area (Å²) >= 11 is 13.2. The quantitative estimate of drug-likeness (QED) is 0.681. The van der Waals surface area contributed by atoms with Crippen LogP contribution in [0.15, 0.2) is 45.9 Å². The molecule has 0 amide bonds. The van der Waals surface area contributed by atoms with Crippen molar-refractivity contribution in [2.45, 2.75) is 18.4 Å². The van der Waals surface area contributed by atoms with E-state index in [0.29, 0.717) is 10.8 Å². The molecule has 3 aromatic rings. The van der Waals surface area contributed by atoms with E-state index >= 15 is 0 Å². The molecular formula is C15H12Cl2N2O3S2. The van der Waals surface area contributed by atoms with Gasteiger partial charge in [0.25, 0.3) is 0 Å². The van der Waals surface area contributed by atoms with Crippen LogP contribution in [0.5, 0.6) is 0 Å². The first-order valence-electron chi connectivity index (χ1n) is 6.82. The summed E-state index contributed by atoms with van der Waals surface area (Å²) in [5, 5.41) is 0.894. The molecular weight excluding hydrogens is 391 g/mol. The van der Waals surface area contributed by atoms with Gasteiger partial charge in [0.1, 0.15) is 4.90 Å². The molecule has 24 heavy (non-hydrogen) atoms. The standard InChI is InChI=1S/C15H12Cl2N2O3S2/c1-9-12(23-15(19-9)11-5-3-7-22-11)8-18-24(20,21)13-6-2-4-10(16)14(13)17/h2-7,18H,8H2,1H3. The maximum absolute atomic E-state index is 12.4. The van der Waals surface area contributed by atoms with Crippen LogP contribution in [-0.2, 0) is 16.6 Å². The Balaban J connectivity index is 1.82. The van der Waals surface area contributed by atoms with Crippen LogP contribution in [0.25, 0.3) is 10.8 Å². The van der Waals surface area contributed by atoms with E-state index in [4.69, 9.17) is 27.6 Å². The maximum Gasteiger partial charge on any atom is 0.242 e. The summed E-state index contributed by atoms with van der Waals surface area (Å²) in [6.07, 6.45) is 1.57. The first-order valence-corrected chi connectivity index (χ1v) is 9.88. The molecule has 0 saturated carbocycles. The van der Waals surface area contributed by atoms with Gasteiger partial charge in [-0.15, -0.1) is 11.3 Å². The Bertz CT molecular complexity index is 967. The predicted octanol–water partition coefficient (Wildman–Crippen LogP) is 4.50. The van der Waals surface area contributed by atoms with E-state index in [-0.39, 0.29) is 21.5 Å². The number of thiazole rings is 1. The molecule has 0 unspecified atom stereocenters. The van der Waals surface area contributed by atoms with E-state index in [1.54, 1.807) is 18.4 Å². The van der Waals surface area contributed by atoms with Gasteiger partial charge in [-0.25, -0.2) is 18.1 Å². The number of rotatable bonds is 5. The van der Waals surface area contributed by atoms with Crippen LogP contribution in [-0.4, -0.2) is 13.4 Å². The van der Waals surface area contributed by atoms with Crippen molar-refractivity contribution in [1.82, 2.24) is 9.71 Å². The van der Waals surface area contributed by atoms with Gasteiger partial charge in [-0.2, -0.15) is 0 Å². The van der Waals surface area contributed by atoms with Crippen LogP contribution in [0.3, 0.4) is 0 Å². The number of hydrogen-bond acceptors (Lipinski definition) is 5. The summed E-state index contributed by atoms with van der Waals surface area (Å²) in [7, 11) is -3.78. The molecule has 1 aromatic carbocycles. The molecule has 1 N–H and O–H groups in total. The molecule has 0 fully saturated rings. The van der Waals surface area contributed by atoms with Gasteiger partial charge in [0, 0.05) is 11.4 Å². The number of aromatic nitrogens is 1. The minimum absolute atomic E-state index is 0.00367. The number of halogens is 2. The predicted molar refractivity (Wildman–Crippen MR) is 95.0 cm³/mol. The second-order valence-electron chi connectivity index (χ2n) is 4.88. The Morgan fingerprint density at radius 2 is 2.04 bits per heavy atom. The van der Waals surface area contributed by atoms with E-state index in [1.807, 2.05) is 6.92 Å². The van der Waals surface area contributed by atoms with Crippen molar-refractivity contribution in [3.63, 3.8) is 0 Å². The Kier molecular flexibility index (Phi) is 4.98. The zero-order chi connectivity index (χ0) is 17.3. The molecule has 0 saturated heterocycles. The zero-order valence-corrected chi connectivity index (χ0v) is 15.6. The lowest BCUT2D eigenvalue weighted by molar-refractivity contribution is 0.580. The molecule has 0 bridgehead atoms. The molecule has 9 heteroatoms. The molecule has 3 rings (SSSR count). The van der Waals surface area contributed by atoms with Crippen molar-refractivity contribution in [1.29, 1.82) is 0 Å². The van der Waals surface area contributed by atoms with Crippen molar-refractivity contribution < 1.29 is 12.8 Å². The fourth-order valence-corrected chi connectivity index (χ4v) is 4.84. The van der Waals surface area contributed by atoms with Crippen molar-refractivity contribution in [2.75, 3.05) is 0 Å². The second kappa shape index (κ2) is 6.85. The van der Waals surface area contributed by atoms with Crippen LogP contribution in [0.2, 0.25) is 10.0 Å². The van der Waals surface area contributed by atoms with Gasteiger partial charge >= 0.3 is 0 Å². The smallest absolute Gasteiger partial charge is 0.242 e. The molecule has 2 heterocycles. The largest absolute Gasteiger partial charge is 0.462 e. The zero-order valence-electron chi connectivity index (χ0n) is 12.4. The van der Waals surface area contributed by atoms with Gasteiger partial charge in [-0.3, -0.25) is 0 Å². The van der Waals surface area contributed by atoms with Gasteiger partial charge in [-0.1, -0.05) is 29.3 Å². The first-order chi connectivity index (χ1) is 11.4. The summed E-state index contributed by atoms with van der Waals surface area (Å²) in [4.78, 5) is 5.14. The number of nitrogens with zero attached hydrogens (tertiary/aromatic N) is 1. The normalized spacial score (nSPS) is 11.8. The Hall–Kier alpha value is -1.38. The van der Waals surface area contributed by atoms with Gasteiger partial charge in [0.15, 0.2) is 10.8 Å². The molecule has 0 atom stereocenters. The van der Waals surface area contributed by atoms with Crippen LogP contribution in [0.1, 0.15) is 10.6 Å². The number of hydrogen-bond donors (Lipinski definition) is 1. The van der Waals surface area contributed by atoms with E-state index < -0.39 is 10.0 Å². The highest BCUT2D eigenvalue weighted by Crippen LogP contribution is 2.30. The van der Waals surface area contributed by atoms with Crippen LogP contribution >= 0.6 is 34.5 Å². The van der Waals surface area contributed by atoms with Gasteiger partial charge < -0.3 is 4.42 Å². The minimum Gasteiger partial charge on any atom is -0.462 e. The van der Waals surface area contributed by atoms with Crippen molar-refractivity contribution in [3.05, 3.63) is 57.2 Å². The average molecular weight is 403 g/mol. The van der Waals surface area contributed by atoms with Gasteiger partial charge in [0.2, 0.25) is 10.0 Å². The Morgan fingerprint density at radius 1 is 1.25 bits per heavy atom. The third-order valence-corrected chi connectivity index (χ3v) is 6.80. The molecule has 0 aliphatic rings. The fourth-order valence-electron chi connectivity index (χ4n) is 2.03. The number of sulfonamides is 1. The number of furan rings is 1. The van der Waals surface area contributed by atoms with Crippen LogP contribution in [0, 0.1) is 6.92 Å². The highest BCUT2D eigenvalue weighted by Gasteiger charge is 2.20. The third-order valence-electron chi connectivity index (χ3n) is 3.25. The Labute approximate surface area is 153 Å². The number of nitrogens with one attached hydrogen (secondary N) is 1. The molecule has 0 aliphatic carbocycles. The third kappa shape index (κ3) is 3.50. The van der Waals surface area contributed by atoms with Crippen molar-refractivity contribution in [3.8, 4) is 10.8 Å². The van der Waals surface area contributed by atoms with E-state index in [9.17, 15) is 8.42 Å². The van der Waals surface area contributed by atoms with Crippen molar-refractivity contribution >= 4 is 44.6 Å². The number of aryl methyl sites for hydroxylation is 1. The monoisotopic (exact) mass is 402 g/mol. The summed E-state index contributed by atoms with van der Waals surface area (Å²) in [5.41, 5.74) is 0.742. The van der Waals surface area contributed by atoms with Gasteiger partial charge in [-0.05, 0) is 31.2 Å². The summed E-state index contributed by atoms with van der Waals surface area (Å²) in [5.74, 6) is 0.648. The lowest BCUT2D eigenvalue weighted by Gasteiger charge is -2.08. The molecule has 0 aliphatic heterocycles. The Morgan fingerprint density at radius 3 is 2.75 bits per heavy atom. The lowest BCUT2D eigenvalue weighted by atomic mass is 10.4. The van der Waals surface area contributed by atoms with E-state index in [0.717, 1.165) is 10.6 Å². The SMILES string of the molecule is Cc1nc(-c2ccco2)sc1CNS(=O)(=O)c1cccc(Cl)c1Cl. The van der Waals surface area contributed by atoms with Gasteiger partial charge in [0.05, 0.1) is 22.0 Å². The molecule has 0 radical (unpaired) electrons. The van der Waals surface area contributed by atoms with Crippen LogP contribution in [0.4, 0.5) is 0 Å². The second-order valence-corrected chi connectivity index (χ2v) is 8.49. The average Bonchev–Trinajstić information content (AvgIpc) is 3.17. The topological polar surface area (TPSA) is 72.2 Å². The molecule has 0 spiro atoms. The molecule has 126 valence electrons. The molecule has 2 aromatic heterocycles. The summed E-state index contributed by atoms with van der Waals surface area (Å²) in [6, 6.07) is 8.06. The van der Waals surface area contributed by atoms with Crippen LogP contribution < -0.4 is 4.72 Å². The number of benzene rings is 1. The van der Waals surface area contributed by atoms with E-state index in [1.165, 1.54) is 29.5 Å². The highest BCUT2D eigenvalue weighted by molar-refractivity contribution is 7.89. The molecule has 5 nitrogen and oxygen atoms in total. The van der Waals surface area contributed by atoms with E-state index in [2.05, 4.69) is 9.71 Å². The minimum atomic E-state index is -3.78. The first kappa shape index (κ1) is 17.4. The van der Waals surface area contributed by atoms with Crippen molar-refractivity contribution in [2.24, 2.45) is 0 Å².